The monoisotopic (exact) mass is 413 g/mol. The van der Waals surface area contributed by atoms with Crippen LogP contribution in [-0.4, -0.2) is 35.6 Å². The Kier molecular flexibility index (Phi) is 5.76. The molecule has 2 aliphatic heterocycles. The molecule has 2 aromatic rings. The van der Waals surface area contributed by atoms with Crippen molar-refractivity contribution in [1.29, 1.82) is 0 Å². The molecule has 2 fully saturated rings. The molecule has 0 radical (unpaired) electrons. The van der Waals surface area contributed by atoms with Gasteiger partial charge in [0, 0.05) is 31.8 Å². The number of anilines is 1. The Bertz CT molecular complexity index is 943. The molecule has 0 spiro atoms. The lowest BCUT2D eigenvalue weighted by Crippen LogP contribution is -2.32. The number of nitrogens with zero attached hydrogens (tertiary/aromatic N) is 3. The van der Waals surface area contributed by atoms with Crippen molar-refractivity contribution in [3.63, 3.8) is 0 Å². The van der Waals surface area contributed by atoms with Gasteiger partial charge in [0.2, 0.25) is 0 Å². The molecule has 4 rings (SSSR count). The first-order valence-corrected chi connectivity index (χ1v) is 10.7. The van der Waals surface area contributed by atoms with Crippen LogP contribution in [0.4, 0.5) is 16.0 Å². The van der Waals surface area contributed by atoms with Crippen molar-refractivity contribution in [2.45, 2.75) is 26.7 Å². The van der Waals surface area contributed by atoms with Gasteiger partial charge in [-0.05, 0) is 60.9 Å². The highest BCUT2D eigenvalue weighted by molar-refractivity contribution is 8.18. The molecule has 5 nitrogen and oxygen atoms in total. The number of benzene rings is 1. The van der Waals surface area contributed by atoms with Crippen molar-refractivity contribution in [2.24, 2.45) is 10.9 Å². The predicted molar refractivity (Wildman–Crippen MR) is 116 cm³/mol. The number of amides is 1. The van der Waals surface area contributed by atoms with Crippen LogP contribution < -0.4 is 4.90 Å². The molecule has 0 aliphatic carbocycles. The molecule has 2 saturated heterocycles. The molecule has 0 unspecified atom stereocenters. The normalized spacial score (nSPS) is 20.1. The summed E-state index contributed by atoms with van der Waals surface area (Å²) in [5.74, 6) is 1.42. The second-order valence-electron chi connectivity index (χ2n) is 7.66. The molecular weight excluding hydrogens is 389 g/mol. The fourth-order valence-corrected chi connectivity index (χ4v) is 4.39. The van der Waals surface area contributed by atoms with E-state index in [0.717, 1.165) is 19.0 Å². The minimum Gasteiger partial charge on any atom is -0.441 e. The molecule has 0 N–H and O–H groups in total. The van der Waals surface area contributed by atoms with E-state index in [1.165, 1.54) is 36.7 Å². The van der Waals surface area contributed by atoms with Crippen LogP contribution in [0, 0.1) is 11.7 Å². The number of halogens is 1. The number of thioether (sulfide) groups is 1. The first kappa shape index (κ1) is 19.8. The Balaban J connectivity index is 1.60. The number of rotatable bonds is 5. The maximum atomic E-state index is 13.2. The fourth-order valence-electron chi connectivity index (χ4n) is 3.40. The van der Waals surface area contributed by atoms with Crippen LogP contribution in [0.15, 0.2) is 50.7 Å². The lowest BCUT2D eigenvalue weighted by atomic mass is 10.2. The average molecular weight is 414 g/mol. The molecule has 1 aromatic carbocycles. The van der Waals surface area contributed by atoms with E-state index in [1.54, 1.807) is 23.1 Å². The Hall–Kier alpha value is -2.54. The van der Waals surface area contributed by atoms with Crippen LogP contribution in [-0.2, 0) is 4.79 Å². The topological polar surface area (TPSA) is 49.1 Å². The molecule has 0 atom stereocenters. The Morgan fingerprint density at radius 1 is 1.17 bits per heavy atom. The smallest absolute Gasteiger partial charge is 0.266 e. The van der Waals surface area contributed by atoms with Gasteiger partial charge < -0.3 is 9.32 Å². The SMILES string of the molecule is CC(C)CN1C(=O)/C(=C\c2ccc(N3CCCC3)o2)SC1=Nc1ccc(F)cc1. The molecule has 152 valence electrons. The maximum Gasteiger partial charge on any atom is 0.266 e. The second kappa shape index (κ2) is 8.45. The minimum atomic E-state index is -0.310. The van der Waals surface area contributed by atoms with Crippen LogP contribution in [0.1, 0.15) is 32.4 Å². The molecule has 0 bridgehead atoms. The summed E-state index contributed by atoms with van der Waals surface area (Å²) in [4.78, 5) is 22.1. The van der Waals surface area contributed by atoms with Gasteiger partial charge in [0.15, 0.2) is 11.1 Å². The number of carbonyl (C=O) groups is 1. The third-order valence-electron chi connectivity index (χ3n) is 4.79. The van der Waals surface area contributed by atoms with Gasteiger partial charge >= 0.3 is 0 Å². The lowest BCUT2D eigenvalue weighted by Gasteiger charge is -2.17. The molecular formula is C22H24FN3O2S. The van der Waals surface area contributed by atoms with Gasteiger partial charge in [0.25, 0.3) is 5.91 Å². The first-order valence-electron chi connectivity index (χ1n) is 9.90. The summed E-state index contributed by atoms with van der Waals surface area (Å²) in [7, 11) is 0. The van der Waals surface area contributed by atoms with Crippen molar-refractivity contribution in [3.8, 4) is 0 Å². The van der Waals surface area contributed by atoms with E-state index in [1.807, 2.05) is 12.1 Å². The second-order valence-corrected chi connectivity index (χ2v) is 8.67. The third-order valence-corrected chi connectivity index (χ3v) is 5.80. The van der Waals surface area contributed by atoms with Gasteiger partial charge in [-0.1, -0.05) is 13.8 Å². The van der Waals surface area contributed by atoms with Crippen molar-refractivity contribution < 1.29 is 13.6 Å². The van der Waals surface area contributed by atoms with Crippen molar-refractivity contribution >= 4 is 40.5 Å². The van der Waals surface area contributed by atoms with E-state index < -0.39 is 0 Å². The van der Waals surface area contributed by atoms with Gasteiger partial charge in [0.1, 0.15) is 11.6 Å². The van der Waals surface area contributed by atoms with E-state index in [4.69, 9.17) is 4.42 Å². The molecule has 7 heteroatoms. The summed E-state index contributed by atoms with van der Waals surface area (Å²) in [5, 5.41) is 0.605. The number of furan rings is 1. The molecule has 2 aliphatic rings. The Morgan fingerprint density at radius 2 is 1.90 bits per heavy atom. The standard InChI is InChI=1S/C22H24FN3O2S/c1-15(2)14-26-21(27)19(29-22(26)24-17-7-5-16(23)6-8-17)13-18-9-10-20(28-18)25-11-3-4-12-25/h5-10,13,15H,3-4,11-12,14H2,1-2H3/b19-13+,24-22?. The molecule has 0 saturated carbocycles. The van der Waals surface area contributed by atoms with Gasteiger partial charge in [-0.15, -0.1) is 0 Å². The predicted octanol–water partition coefficient (Wildman–Crippen LogP) is 5.28. The van der Waals surface area contributed by atoms with Crippen LogP contribution in [0.3, 0.4) is 0 Å². The average Bonchev–Trinajstić information content (AvgIpc) is 3.42. The van der Waals surface area contributed by atoms with Gasteiger partial charge in [-0.3, -0.25) is 9.69 Å². The van der Waals surface area contributed by atoms with Gasteiger partial charge in [0.05, 0.1) is 10.6 Å². The highest BCUT2D eigenvalue weighted by atomic mass is 32.2. The zero-order chi connectivity index (χ0) is 20.4. The minimum absolute atomic E-state index is 0.0799. The fraction of sp³-hybridized carbons (Fsp3) is 0.364. The van der Waals surface area contributed by atoms with Crippen LogP contribution in [0.25, 0.3) is 6.08 Å². The van der Waals surface area contributed by atoms with E-state index in [-0.39, 0.29) is 11.7 Å². The maximum absolute atomic E-state index is 13.2. The number of hydrogen-bond acceptors (Lipinski definition) is 5. The number of aliphatic imine (C=N–C) groups is 1. The van der Waals surface area contributed by atoms with Crippen molar-refractivity contribution in [3.05, 3.63) is 52.9 Å². The van der Waals surface area contributed by atoms with Crippen molar-refractivity contribution in [2.75, 3.05) is 24.5 Å². The van der Waals surface area contributed by atoms with E-state index in [0.29, 0.717) is 34.0 Å². The van der Waals surface area contributed by atoms with Gasteiger partial charge in [-0.2, -0.15) is 0 Å². The summed E-state index contributed by atoms with van der Waals surface area (Å²) in [5.41, 5.74) is 0.617. The highest BCUT2D eigenvalue weighted by Gasteiger charge is 2.34. The largest absolute Gasteiger partial charge is 0.441 e. The van der Waals surface area contributed by atoms with Crippen molar-refractivity contribution in [1.82, 2.24) is 4.90 Å². The Labute approximate surface area is 174 Å². The molecule has 3 heterocycles. The van der Waals surface area contributed by atoms with E-state index in [2.05, 4.69) is 23.7 Å². The quantitative estimate of drug-likeness (QED) is 0.626. The first-order chi connectivity index (χ1) is 14.0. The Morgan fingerprint density at radius 3 is 2.59 bits per heavy atom. The summed E-state index contributed by atoms with van der Waals surface area (Å²) < 4.78 is 19.1. The zero-order valence-corrected chi connectivity index (χ0v) is 17.4. The van der Waals surface area contributed by atoms with E-state index in [9.17, 15) is 9.18 Å². The number of amidine groups is 1. The summed E-state index contributed by atoms with van der Waals surface area (Å²) in [6.45, 7) is 6.70. The van der Waals surface area contributed by atoms with Gasteiger partial charge in [-0.25, -0.2) is 9.38 Å². The molecule has 1 aromatic heterocycles. The third kappa shape index (κ3) is 4.56. The number of hydrogen-bond donors (Lipinski definition) is 0. The molecule has 29 heavy (non-hydrogen) atoms. The number of carbonyl (C=O) groups excluding carboxylic acids is 1. The summed E-state index contributed by atoms with van der Waals surface area (Å²) in [6.07, 6.45) is 4.14. The highest BCUT2D eigenvalue weighted by Crippen LogP contribution is 2.35. The van der Waals surface area contributed by atoms with Crippen LogP contribution in [0.5, 0.6) is 0 Å². The zero-order valence-electron chi connectivity index (χ0n) is 16.6. The van der Waals surface area contributed by atoms with E-state index >= 15 is 0 Å². The van der Waals surface area contributed by atoms with Crippen LogP contribution >= 0.6 is 11.8 Å². The summed E-state index contributed by atoms with van der Waals surface area (Å²) >= 11 is 1.32. The lowest BCUT2D eigenvalue weighted by molar-refractivity contribution is -0.122. The van der Waals surface area contributed by atoms with Crippen LogP contribution in [0.2, 0.25) is 0 Å². The summed E-state index contributed by atoms with van der Waals surface area (Å²) in [6, 6.07) is 9.81. The molecule has 1 amide bonds.